The fourth-order valence-corrected chi connectivity index (χ4v) is 4.64. The number of amides is 2. The van der Waals surface area contributed by atoms with Crippen LogP contribution in [0.3, 0.4) is 0 Å². The largest absolute Gasteiger partial charge is 0.461 e. The van der Waals surface area contributed by atoms with Crippen molar-refractivity contribution in [3.05, 3.63) is 54.5 Å². The number of piperazine rings is 1. The smallest absolute Gasteiger partial charge is 0.414 e. The second-order valence-electron chi connectivity index (χ2n) is 9.50. The number of halogens is 1. The van der Waals surface area contributed by atoms with Gasteiger partial charge in [0.2, 0.25) is 5.91 Å². The molecule has 216 valence electrons. The predicted octanol–water partition coefficient (Wildman–Crippen LogP) is -0.183. The molecule has 4 heterocycles. The van der Waals surface area contributed by atoms with Gasteiger partial charge in [-0.25, -0.2) is 14.2 Å². The summed E-state index contributed by atoms with van der Waals surface area (Å²) >= 11 is 0. The van der Waals surface area contributed by atoms with Crippen molar-refractivity contribution >= 4 is 40.8 Å². The molecule has 1 aromatic carbocycles. The van der Waals surface area contributed by atoms with Gasteiger partial charge in [0.05, 0.1) is 43.8 Å². The van der Waals surface area contributed by atoms with E-state index in [0.29, 0.717) is 43.2 Å². The molecule has 0 bridgehead atoms. The van der Waals surface area contributed by atoms with Crippen molar-refractivity contribution in [1.82, 2.24) is 24.6 Å². The third kappa shape index (κ3) is 6.41. The van der Waals surface area contributed by atoms with Gasteiger partial charge in [0.1, 0.15) is 18.1 Å². The first-order valence-corrected chi connectivity index (χ1v) is 13.0. The van der Waals surface area contributed by atoms with Gasteiger partial charge in [-0.05, 0) is 18.2 Å². The van der Waals surface area contributed by atoms with E-state index in [2.05, 4.69) is 15.3 Å². The lowest BCUT2D eigenvalue weighted by Gasteiger charge is -2.36. The Bertz CT molecular complexity index is 1420. The summed E-state index contributed by atoms with van der Waals surface area (Å²) < 4.78 is 26.9. The van der Waals surface area contributed by atoms with E-state index in [1.54, 1.807) is 46.2 Å². The van der Waals surface area contributed by atoms with Crippen molar-refractivity contribution in [2.45, 2.75) is 6.10 Å². The minimum atomic E-state index is -0.678. The Hall–Kier alpha value is -4.63. The van der Waals surface area contributed by atoms with Gasteiger partial charge in [-0.2, -0.15) is 0 Å². The molecule has 14 nitrogen and oxygen atoms in total. The molecule has 1 unspecified atom stereocenters. The second-order valence-corrected chi connectivity index (χ2v) is 9.50. The third-order valence-corrected chi connectivity index (χ3v) is 6.80. The van der Waals surface area contributed by atoms with E-state index in [4.69, 9.17) is 15.2 Å². The number of carbonyl (C=O) groups is 4. The molecule has 41 heavy (non-hydrogen) atoms. The number of ether oxygens (including phenoxy) is 2. The molecule has 0 aliphatic carbocycles. The average molecular weight is 569 g/mol. The first kappa shape index (κ1) is 27.9. The number of Topliss-reactive ketones (excluding diaryl/α,β-unsaturated/α-hetero) is 1. The van der Waals surface area contributed by atoms with Crippen molar-refractivity contribution in [3.63, 3.8) is 0 Å². The van der Waals surface area contributed by atoms with Crippen LogP contribution in [0, 0.1) is 5.82 Å². The molecule has 0 saturated carbocycles. The second kappa shape index (κ2) is 12.3. The zero-order valence-electron chi connectivity index (χ0n) is 22.1. The highest BCUT2D eigenvalue weighted by Gasteiger charge is 2.34. The number of rotatable bonds is 10. The highest BCUT2D eigenvalue weighted by molar-refractivity contribution is 5.96. The minimum Gasteiger partial charge on any atom is -0.461 e. The van der Waals surface area contributed by atoms with Crippen molar-refractivity contribution in [1.29, 1.82) is 0 Å². The summed E-state index contributed by atoms with van der Waals surface area (Å²) in [6, 6.07) is 4.45. The van der Waals surface area contributed by atoms with Crippen LogP contribution < -0.4 is 20.9 Å². The van der Waals surface area contributed by atoms with Gasteiger partial charge in [-0.15, -0.1) is 0 Å². The molecule has 3 aromatic rings. The predicted molar refractivity (Wildman–Crippen MR) is 143 cm³/mol. The van der Waals surface area contributed by atoms with Crippen LogP contribution >= 0.6 is 0 Å². The number of nitrogens with one attached hydrogen (secondary N) is 1. The number of nitrogens with zero attached hydrogens (tertiary/aromatic N) is 6. The Kier molecular flexibility index (Phi) is 8.35. The summed E-state index contributed by atoms with van der Waals surface area (Å²) in [6.07, 6.45) is 5.12. The van der Waals surface area contributed by atoms with Crippen molar-refractivity contribution in [3.8, 4) is 0 Å². The van der Waals surface area contributed by atoms with Gasteiger partial charge >= 0.3 is 12.1 Å². The van der Waals surface area contributed by atoms with Crippen LogP contribution in [0.2, 0.25) is 0 Å². The Morgan fingerprint density at radius 2 is 1.98 bits per heavy atom. The zero-order valence-corrected chi connectivity index (χ0v) is 22.1. The summed E-state index contributed by atoms with van der Waals surface area (Å²) in [5.74, 6) is -1.53. The molecular formula is C26H29FN8O6. The molecule has 1 atom stereocenters. The summed E-state index contributed by atoms with van der Waals surface area (Å²) in [4.78, 5) is 61.6. The maximum Gasteiger partial charge on any atom is 0.414 e. The number of hydrogen-bond donors (Lipinski definition) is 2. The summed E-state index contributed by atoms with van der Waals surface area (Å²) in [6.45, 7) is 1.24. The van der Waals surface area contributed by atoms with Crippen LogP contribution in [0.15, 0.2) is 43.0 Å². The van der Waals surface area contributed by atoms with Gasteiger partial charge in [0.25, 0.3) is 0 Å². The first-order chi connectivity index (χ1) is 19.8. The number of hydrogen-bond acceptors (Lipinski definition) is 11. The topological polar surface area (TPSA) is 165 Å². The third-order valence-electron chi connectivity index (χ3n) is 6.80. The van der Waals surface area contributed by atoms with E-state index >= 15 is 4.39 Å². The molecule has 3 N–H and O–H groups in total. The number of carbonyl (C=O) groups excluding carboxylic acids is 4. The van der Waals surface area contributed by atoms with Crippen molar-refractivity contribution in [2.75, 3.05) is 68.8 Å². The number of imidazole rings is 1. The van der Waals surface area contributed by atoms with E-state index in [1.165, 1.54) is 11.0 Å². The molecule has 2 amide bonds. The maximum atomic E-state index is 15.1. The van der Waals surface area contributed by atoms with Crippen LogP contribution in [0.4, 0.5) is 20.6 Å². The van der Waals surface area contributed by atoms with Crippen LogP contribution in [0.1, 0.15) is 10.5 Å². The molecule has 2 fully saturated rings. The van der Waals surface area contributed by atoms with Gasteiger partial charge < -0.3 is 34.7 Å². The Morgan fingerprint density at radius 1 is 1.17 bits per heavy atom. The van der Waals surface area contributed by atoms with Crippen molar-refractivity contribution < 1.29 is 33.0 Å². The van der Waals surface area contributed by atoms with E-state index in [-0.39, 0.29) is 50.2 Å². The van der Waals surface area contributed by atoms with E-state index in [9.17, 15) is 19.2 Å². The minimum absolute atomic E-state index is 0.0118. The lowest BCUT2D eigenvalue weighted by molar-refractivity contribution is -0.144. The monoisotopic (exact) mass is 568 g/mol. The van der Waals surface area contributed by atoms with Gasteiger partial charge in [-0.1, -0.05) is 0 Å². The number of esters is 1. The quantitative estimate of drug-likeness (QED) is 0.246. The molecular weight excluding hydrogens is 539 g/mol. The summed E-state index contributed by atoms with van der Waals surface area (Å²) in [7, 11) is 0. The lowest BCUT2D eigenvalue weighted by atomic mass is 10.2. The fourth-order valence-electron chi connectivity index (χ4n) is 4.64. The molecule has 2 saturated heterocycles. The Balaban J connectivity index is 1.08. The van der Waals surface area contributed by atoms with Gasteiger partial charge in [0.15, 0.2) is 17.5 Å². The van der Waals surface area contributed by atoms with Crippen LogP contribution in [0.5, 0.6) is 0 Å². The average Bonchev–Trinajstić information content (AvgIpc) is 3.59. The fraction of sp³-hybridized carbons (Fsp3) is 0.385. The molecule has 2 aliphatic heterocycles. The van der Waals surface area contributed by atoms with E-state index in [1.807, 2.05) is 4.90 Å². The van der Waals surface area contributed by atoms with Crippen LogP contribution in [0.25, 0.3) is 5.65 Å². The SMILES string of the molecule is NCC(=O)OCC1CN(c2ccc(N3CCN(C(=O)CNCC(=O)c4cn5ccncc5n4)CC3)c(F)c2)C(=O)O1. The molecule has 2 aliphatic rings. The molecule has 2 aromatic heterocycles. The van der Waals surface area contributed by atoms with Crippen molar-refractivity contribution in [2.24, 2.45) is 5.73 Å². The number of cyclic esters (lactones) is 1. The number of fused-ring (bicyclic) bond motifs is 1. The molecule has 5 rings (SSSR count). The Labute approximate surface area is 233 Å². The summed E-state index contributed by atoms with van der Waals surface area (Å²) in [5, 5.41) is 2.88. The first-order valence-electron chi connectivity index (χ1n) is 13.0. The highest BCUT2D eigenvalue weighted by Crippen LogP contribution is 2.28. The molecule has 15 heteroatoms. The molecule has 0 spiro atoms. The van der Waals surface area contributed by atoms with Gasteiger partial charge in [0, 0.05) is 44.8 Å². The number of nitrogens with two attached hydrogens (primary N) is 1. The normalized spacial score (nSPS) is 17.2. The lowest BCUT2D eigenvalue weighted by Crippen LogP contribution is -2.51. The Morgan fingerprint density at radius 3 is 2.71 bits per heavy atom. The number of anilines is 2. The highest BCUT2D eigenvalue weighted by atomic mass is 19.1. The van der Waals surface area contributed by atoms with Crippen LogP contribution in [-0.4, -0.2) is 108 Å². The number of aromatic nitrogens is 3. The maximum absolute atomic E-state index is 15.1. The van der Waals surface area contributed by atoms with E-state index < -0.39 is 24.0 Å². The van der Waals surface area contributed by atoms with E-state index in [0.717, 1.165) is 0 Å². The number of ketones is 1. The van der Waals surface area contributed by atoms with Crippen LogP contribution in [-0.2, 0) is 19.1 Å². The zero-order chi connectivity index (χ0) is 28.9. The molecule has 0 radical (unpaired) electrons. The standard InChI is InChI=1S/C26H29FN8O6/c27-19-9-17(35-14-18(41-26(35)39)16-40-25(38)10-28)1-2-21(19)32-5-7-33(8-6-32)24(37)13-30-11-22(36)20-15-34-4-3-29-12-23(34)31-20/h1-4,9,12,15,18,30H,5-8,10-11,13-14,16,28H2. The van der Waals surface area contributed by atoms with Gasteiger partial charge in [-0.3, -0.25) is 24.3 Å². The number of benzene rings is 1. The summed E-state index contributed by atoms with van der Waals surface area (Å²) in [5.41, 5.74) is 6.72.